The van der Waals surface area contributed by atoms with Gasteiger partial charge in [0, 0.05) is 27.5 Å². The molecule has 5 nitrogen and oxygen atoms in total. The third-order valence-corrected chi connectivity index (χ3v) is 6.40. The van der Waals surface area contributed by atoms with Crippen molar-refractivity contribution in [2.45, 2.75) is 18.7 Å². The number of aromatic nitrogens is 3. The van der Waals surface area contributed by atoms with E-state index >= 15 is 0 Å². The van der Waals surface area contributed by atoms with Gasteiger partial charge in [0.25, 0.3) is 0 Å². The van der Waals surface area contributed by atoms with E-state index in [0.717, 1.165) is 42.8 Å². The fraction of sp³-hybridized carbons (Fsp3) is 0.208. The largest absolute Gasteiger partial charge is 0.462 e. The van der Waals surface area contributed by atoms with E-state index in [1.54, 1.807) is 4.68 Å². The zero-order chi connectivity index (χ0) is 22.1. The van der Waals surface area contributed by atoms with Crippen LogP contribution in [0.15, 0.2) is 57.9 Å². The minimum Gasteiger partial charge on any atom is -0.462 e. The molecule has 0 aliphatic rings. The Morgan fingerprint density at radius 1 is 1.06 bits per heavy atom. The molecular weight excluding hydrogens is 474 g/mol. The normalized spacial score (nSPS) is 11.1. The lowest BCUT2D eigenvalue weighted by atomic mass is 10.0. The number of thioether (sulfide) groups is 1. The molecule has 0 radical (unpaired) electrons. The van der Waals surface area contributed by atoms with E-state index in [4.69, 9.17) is 14.8 Å². The lowest BCUT2D eigenvalue weighted by Gasteiger charge is -2.14. The molecule has 0 saturated heterocycles. The van der Waals surface area contributed by atoms with Crippen LogP contribution in [0.5, 0.6) is 0 Å². The number of fused-ring (bicyclic) bond motifs is 1. The van der Waals surface area contributed by atoms with E-state index in [9.17, 15) is 4.79 Å². The Balaban J connectivity index is 2.08. The Labute approximate surface area is 194 Å². The van der Waals surface area contributed by atoms with Gasteiger partial charge in [-0.2, -0.15) is 5.10 Å². The topological polar surface area (TPSA) is 57.0 Å². The Morgan fingerprint density at radius 3 is 2.29 bits per heavy atom. The molecule has 2 heterocycles. The summed E-state index contributed by atoms with van der Waals surface area (Å²) >= 11 is 5.00. The van der Waals surface area contributed by atoms with Crippen LogP contribution in [-0.4, -0.2) is 33.6 Å². The van der Waals surface area contributed by atoms with Crippen LogP contribution < -0.4 is 0 Å². The molecule has 4 rings (SSSR count). The van der Waals surface area contributed by atoms with Crippen molar-refractivity contribution in [2.24, 2.45) is 7.05 Å². The molecule has 0 aliphatic carbocycles. The molecule has 0 aliphatic heterocycles. The Bertz CT molecular complexity index is 1270. The SMILES string of the molecule is CCOC(=O)c1c(-c2ccc(C)cc2)nc2c(c(-c3ccc(Br)cc3)nn2C)c1SC. The number of nitrogens with zero attached hydrogens (tertiary/aromatic N) is 3. The van der Waals surface area contributed by atoms with Crippen molar-refractivity contribution in [1.29, 1.82) is 0 Å². The Morgan fingerprint density at radius 2 is 1.68 bits per heavy atom. The van der Waals surface area contributed by atoms with Gasteiger partial charge >= 0.3 is 5.97 Å². The van der Waals surface area contributed by atoms with Crippen molar-refractivity contribution in [3.8, 4) is 22.5 Å². The fourth-order valence-corrected chi connectivity index (χ4v) is 4.61. The summed E-state index contributed by atoms with van der Waals surface area (Å²) in [6.07, 6.45) is 1.97. The highest BCUT2D eigenvalue weighted by molar-refractivity contribution is 9.10. The van der Waals surface area contributed by atoms with Gasteiger partial charge in [0.15, 0.2) is 5.65 Å². The van der Waals surface area contributed by atoms with E-state index in [1.165, 1.54) is 11.8 Å². The van der Waals surface area contributed by atoms with E-state index in [2.05, 4.69) is 15.9 Å². The van der Waals surface area contributed by atoms with Gasteiger partial charge in [-0.05, 0) is 32.2 Å². The monoisotopic (exact) mass is 495 g/mol. The summed E-state index contributed by atoms with van der Waals surface area (Å²) in [5, 5.41) is 5.62. The molecule has 0 N–H and O–H groups in total. The number of carbonyl (C=O) groups excluding carboxylic acids is 1. The van der Waals surface area contributed by atoms with Crippen molar-refractivity contribution in [3.05, 3.63) is 64.1 Å². The zero-order valence-electron chi connectivity index (χ0n) is 17.8. The molecule has 0 spiro atoms. The smallest absolute Gasteiger partial charge is 0.341 e. The van der Waals surface area contributed by atoms with Crippen LogP contribution in [0, 0.1) is 6.92 Å². The fourth-order valence-electron chi connectivity index (χ4n) is 3.57. The number of halogens is 1. The summed E-state index contributed by atoms with van der Waals surface area (Å²) in [5.41, 5.74) is 5.60. The van der Waals surface area contributed by atoms with Crippen LogP contribution in [0.3, 0.4) is 0 Å². The first kappa shape index (κ1) is 21.6. The van der Waals surface area contributed by atoms with Crippen molar-refractivity contribution >= 4 is 44.7 Å². The lowest BCUT2D eigenvalue weighted by molar-refractivity contribution is 0.0523. The van der Waals surface area contributed by atoms with Gasteiger partial charge < -0.3 is 4.74 Å². The van der Waals surface area contributed by atoms with Gasteiger partial charge in [-0.1, -0.05) is 57.9 Å². The van der Waals surface area contributed by atoms with Crippen LogP contribution in [0.2, 0.25) is 0 Å². The molecule has 0 amide bonds. The first-order valence-electron chi connectivity index (χ1n) is 9.89. The molecular formula is C24H22BrN3O2S. The van der Waals surface area contributed by atoms with E-state index in [-0.39, 0.29) is 5.97 Å². The van der Waals surface area contributed by atoms with Gasteiger partial charge in [-0.3, -0.25) is 0 Å². The van der Waals surface area contributed by atoms with E-state index in [0.29, 0.717) is 17.9 Å². The second-order valence-electron chi connectivity index (χ2n) is 7.13. The molecule has 0 fully saturated rings. The predicted octanol–water partition coefficient (Wildman–Crippen LogP) is 6.27. The van der Waals surface area contributed by atoms with Gasteiger partial charge in [0.05, 0.1) is 17.7 Å². The third-order valence-electron chi connectivity index (χ3n) is 5.05. The van der Waals surface area contributed by atoms with Crippen molar-refractivity contribution in [2.75, 3.05) is 12.9 Å². The van der Waals surface area contributed by atoms with Crippen molar-refractivity contribution in [3.63, 3.8) is 0 Å². The molecule has 2 aromatic carbocycles. The van der Waals surface area contributed by atoms with Crippen LogP contribution in [0.25, 0.3) is 33.5 Å². The number of ether oxygens (including phenoxy) is 1. The standard InChI is InChI=1S/C24H22BrN3O2S/c1-5-30-24(29)19-20(15-8-6-14(2)7-9-15)26-23-18(22(19)31-4)21(27-28(23)3)16-10-12-17(25)13-11-16/h6-13H,5H2,1-4H3. The molecule has 4 aromatic rings. The van der Waals surface area contributed by atoms with Gasteiger partial charge in [0.1, 0.15) is 11.3 Å². The minimum absolute atomic E-state index is 0.296. The van der Waals surface area contributed by atoms with E-state index < -0.39 is 0 Å². The summed E-state index contributed by atoms with van der Waals surface area (Å²) in [5.74, 6) is -0.373. The second kappa shape index (κ2) is 8.85. The van der Waals surface area contributed by atoms with Crippen LogP contribution in [-0.2, 0) is 11.8 Å². The molecule has 0 atom stereocenters. The molecule has 0 bridgehead atoms. The number of benzene rings is 2. The van der Waals surface area contributed by atoms with Crippen LogP contribution in [0.4, 0.5) is 0 Å². The predicted molar refractivity (Wildman–Crippen MR) is 130 cm³/mol. The maximum atomic E-state index is 13.1. The quantitative estimate of drug-likeness (QED) is 0.241. The first-order chi connectivity index (χ1) is 14.9. The summed E-state index contributed by atoms with van der Waals surface area (Å²) in [4.78, 5) is 18.9. The van der Waals surface area contributed by atoms with E-state index in [1.807, 2.05) is 75.7 Å². The molecule has 0 unspecified atom stereocenters. The average Bonchev–Trinajstić information content (AvgIpc) is 3.10. The summed E-state index contributed by atoms with van der Waals surface area (Å²) in [6, 6.07) is 16.0. The van der Waals surface area contributed by atoms with Crippen molar-refractivity contribution in [1.82, 2.24) is 14.8 Å². The number of rotatable bonds is 5. The minimum atomic E-state index is -0.373. The van der Waals surface area contributed by atoms with Gasteiger partial charge in [-0.15, -0.1) is 11.8 Å². The third kappa shape index (κ3) is 4.00. The number of carbonyl (C=O) groups is 1. The lowest BCUT2D eigenvalue weighted by Crippen LogP contribution is -2.10. The molecule has 31 heavy (non-hydrogen) atoms. The first-order valence-corrected chi connectivity index (χ1v) is 11.9. The number of aryl methyl sites for hydroxylation is 2. The highest BCUT2D eigenvalue weighted by Crippen LogP contribution is 2.40. The number of hydrogen-bond acceptors (Lipinski definition) is 5. The summed E-state index contributed by atoms with van der Waals surface area (Å²) in [7, 11) is 1.88. The molecule has 2 aromatic heterocycles. The van der Waals surface area contributed by atoms with Crippen LogP contribution in [0.1, 0.15) is 22.8 Å². The highest BCUT2D eigenvalue weighted by atomic mass is 79.9. The average molecular weight is 496 g/mol. The maximum Gasteiger partial charge on any atom is 0.341 e. The number of esters is 1. The highest BCUT2D eigenvalue weighted by Gasteiger charge is 2.27. The summed E-state index contributed by atoms with van der Waals surface area (Å²) in [6.45, 7) is 4.14. The zero-order valence-corrected chi connectivity index (χ0v) is 20.2. The maximum absolute atomic E-state index is 13.1. The van der Waals surface area contributed by atoms with Crippen molar-refractivity contribution < 1.29 is 9.53 Å². The second-order valence-corrected chi connectivity index (χ2v) is 8.87. The number of hydrogen-bond donors (Lipinski definition) is 0. The summed E-state index contributed by atoms with van der Waals surface area (Å²) < 4.78 is 8.22. The van der Waals surface area contributed by atoms with Gasteiger partial charge in [0.2, 0.25) is 0 Å². The number of pyridine rings is 1. The Kier molecular flexibility index (Phi) is 6.16. The molecule has 7 heteroatoms. The van der Waals surface area contributed by atoms with Crippen LogP contribution >= 0.6 is 27.7 Å². The van der Waals surface area contributed by atoms with Gasteiger partial charge in [-0.25, -0.2) is 14.5 Å². The molecule has 0 saturated carbocycles. The Hall–Kier alpha value is -2.64. The molecule has 158 valence electrons.